The molecule has 0 radical (unpaired) electrons. The molecule has 0 fully saturated rings. The number of hydrogen-bond donors (Lipinski definition) is 5. The van der Waals surface area contributed by atoms with E-state index in [9.17, 15) is 14.4 Å². The molecular weight excluding hydrogens is 319 g/mol. The number of aliphatic hydroxyl groups is 2. The van der Waals surface area contributed by atoms with Gasteiger partial charge in [-0.1, -0.05) is 39.0 Å². The molecule has 0 aliphatic carbocycles. The van der Waals surface area contributed by atoms with Crippen molar-refractivity contribution in [2.24, 2.45) is 0 Å². The van der Waals surface area contributed by atoms with Gasteiger partial charge in [-0.05, 0) is 6.42 Å². The smallest absolute Gasteiger partial charge is 1.00 e. The van der Waals surface area contributed by atoms with Gasteiger partial charge < -0.3 is 27.0 Å². The molecule has 0 atom stereocenters. The molecule has 0 saturated heterocycles. The van der Waals surface area contributed by atoms with Crippen LogP contribution in [0.4, 0.5) is 0 Å². The van der Waals surface area contributed by atoms with Gasteiger partial charge in [-0.25, -0.2) is 4.79 Å². The monoisotopic (exact) mass is 346 g/mol. The van der Waals surface area contributed by atoms with Gasteiger partial charge in [0.1, 0.15) is 0 Å². The number of rotatable bonds is 11. The molecule has 0 spiro atoms. The zero-order valence-electron chi connectivity index (χ0n) is 14.8. The minimum absolute atomic E-state index is 0. The van der Waals surface area contributed by atoms with E-state index >= 15 is 0 Å². The maximum Gasteiger partial charge on any atom is 1.00 e. The third-order valence-electron chi connectivity index (χ3n) is 2.80. The second-order valence-corrected chi connectivity index (χ2v) is 4.97. The first-order chi connectivity index (χ1) is 10.2. The van der Waals surface area contributed by atoms with E-state index < -0.39 is 36.4 Å². The summed E-state index contributed by atoms with van der Waals surface area (Å²) in [6.07, 6.45) is 5.21. The van der Waals surface area contributed by atoms with Crippen LogP contribution in [0.1, 0.15) is 59.7 Å². The van der Waals surface area contributed by atoms with Gasteiger partial charge >= 0.3 is 47.5 Å². The molecule has 5 N–H and O–H groups in total. The Kier molecular flexibility index (Phi) is 19.1. The van der Waals surface area contributed by atoms with Crippen molar-refractivity contribution in [3.63, 3.8) is 0 Å². The first kappa shape index (κ1) is 27.2. The number of carboxylic acid groups (broad SMARTS) is 3. The maximum atomic E-state index is 10.3. The van der Waals surface area contributed by atoms with Gasteiger partial charge in [-0.3, -0.25) is 9.59 Å². The van der Waals surface area contributed by atoms with Gasteiger partial charge in [-0.2, -0.15) is 0 Å². The number of aliphatic carboxylic acids is 3. The predicted octanol–water partition coefficient (Wildman–Crippen LogP) is -1.79. The molecule has 132 valence electrons. The Labute approximate surface area is 159 Å². The fourth-order valence-electron chi connectivity index (χ4n) is 1.61. The molecule has 0 saturated carbocycles. The van der Waals surface area contributed by atoms with Gasteiger partial charge in [0.05, 0.1) is 12.8 Å². The topological polar surface area (TPSA) is 152 Å². The Morgan fingerprint density at radius 3 is 1.57 bits per heavy atom. The first-order valence-corrected chi connectivity index (χ1v) is 7.19. The van der Waals surface area contributed by atoms with Gasteiger partial charge in [0.15, 0.2) is 5.60 Å². The predicted molar refractivity (Wildman–Crippen MR) is 78.7 cm³/mol. The van der Waals surface area contributed by atoms with Crippen molar-refractivity contribution in [2.75, 3.05) is 6.61 Å². The average Bonchev–Trinajstić information content (AvgIpc) is 2.37. The average molecular weight is 346 g/mol. The number of unbranched alkanes of at least 4 members (excludes halogenated alkanes) is 5. The van der Waals surface area contributed by atoms with Crippen molar-refractivity contribution in [1.82, 2.24) is 0 Å². The molecule has 0 amide bonds. The van der Waals surface area contributed by atoms with E-state index in [2.05, 4.69) is 6.92 Å². The van der Waals surface area contributed by atoms with E-state index in [-0.39, 0.29) is 31.0 Å². The number of carboxylic acids is 3. The zero-order chi connectivity index (χ0) is 17.6. The Bertz CT molecular complexity index is 330. The molecule has 0 aromatic heterocycles. The van der Waals surface area contributed by atoms with Crippen molar-refractivity contribution in [3.8, 4) is 0 Å². The van der Waals surface area contributed by atoms with E-state index in [1.165, 1.54) is 32.1 Å². The maximum absolute atomic E-state index is 10.3. The second kappa shape index (κ2) is 16.2. The van der Waals surface area contributed by atoms with Crippen LogP contribution in [0.3, 0.4) is 0 Å². The van der Waals surface area contributed by atoms with Crippen molar-refractivity contribution in [2.45, 2.75) is 63.9 Å². The standard InChI is InChI=1S/C8H18O.C6H8O7.Na.H/c1-2-3-4-5-6-7-8-9;7-3(8)1-6(13,5(11)12)2-4(9)10;;/h9H,2-8H2,1H3;13H,1-2H2,(H,7,8)(H,9,10)(H,11,12);;/q;;+1;-1. The van der Waals surface area contributed by atoms with Crippen LogP contribution in [0.25, 0.3) is 0 Å². The molecule has 0 aromatic carbocycles. The Hall–Kier alpha value is -0.670. The van der Waals surface area contributed by atoms with Gasteiger partial charge in [0.25, 0.3) is 0 Å². The molecule has 9 heteroatoms. The fourth-order valence-corrected chi connectivity index (χ4v) is 1.61. The summed E-state index contributed by atoms with van der Waals surface area (Å²) in [7, 11) is 0. The molecule has 0 aliphatic rings. The van der Waals surface area contributed by atoms with Gasteiger partial charge in [0, 0.05) is 6.61 Å². The molecule has 0 aliphatic heterocycles. The van der Waals surface area contributed by atoms with Crippen LogP contribution >= 0.6 is 0 Å². The summed E-state index contributed by atoms with van der Waals surface area (Å²) in [4.78, 5) is 30.5. The summed E-state index contributed by atoms with van der Waals surface area (Å²) >= 11 is 0. The van der Waals surface area contributed by atoms with E-state index in [0.29, 0.717) is 6.61 Å². The summed E-state index contributed by atoms with van der Waals surface area (Å²) in [5.74, 6) is -5.02. The minimum Gasteiger partial charge on any atom is -1.00 e. The van der Waals surface area contributed by atoms with Crippen LogP contribution in [0.15, 0.2) is 0 Å². The first-order valence-electron chi connectivity index (χ1n) is 7.19. The molecule has 8 nitrogen and oxygen atoms in total. The number of carbonyl (C=O) groups is 3. The summed E-state index contributed by atoms with van der Waals surface area (Å²) in [6.45, 7) is 2.58. The van der Waals surface area contributed by atoms with Crippen LogP contribution in [0.2, 0.25) is 0 Å². The largest absolute Gasteiger partial charge is 1.00 e. The summed E-state index contributed by atoms with van der Waals surface area (Å²) in [6, 6.07) is 0. The van der Waals surface area contributed by atoms with Crippen molar-refractivity contribution in [1.29, 1.82) is 0 Å². The Morgan fingerprint density at radius 2 is 1.26 bits per heavy atom. The second-order valence-electron chi connectivity index (χ2n) is 4.97. The quantitative estimate of drug-likeness (QED) is 0.217. The number of hydrogen-bond acceptors (Lipinski definition) is 5. The van der Waals surface area contributed by atoms with E-state index in [0.717, 1.165) is 6.42 Å². The zero-order valence-corrected chi connectivity index (χ0v) is 15.8. The van der Waals surface area contributed by atoms with Crippen molar-refractivity contribution >= 4 is 17.9 Å². The fraction of sp³-hybridized carbons (Fsp3) is 0.786. The van der Waals surface area contributed by atoms with E-state index in [1.54, 1.807) is 0 Å². The summed E-state index contributed by atoms with van der Waals surface area (Å²) in [5, 5.41) is 42.2. The third-order valence-corrected chi connectivity index (χ3v) is 2.80. The van der Waals surface area contributed by atoms with Gasteiger partial charge in [-0.15, -0.1) is 0 Å². The van der Waals surface area contributed by atoms with E-state index in [4.69, 9.17) is 25.5 Å². The molecule has 0 unspecified atom stereocenters. The molecule has 0 aromatic rings. The SMILES string of the molecule is CCCCCCCCO.O=C(O)CC(O)(CC(=O)O)C(=O)O.[H-].[Na+]. The molecule has 0 rings (SSSR count). The van der Waals surface area contributed by atoms with Crippen molar-refractivity contribution in [3.05, 3.63) is 0 Å². The van der Waals surface area contributed by atoms with Crippen LogP contribution < -0.4 is 29.6 Å². The molecule has 0 heterocycles. The van der Waals surface area contributed by atoms with Crippen LogP contribution in [-0.4, -0.2) is 55.6 Å². The van der Waals surface area contributed by atoms with Crippen LogP contribution in [0.5, 0.6) is 0 Å². The minimum atomic E-state index is -2.74. The Morgan fingerprint density at radius 1 is 0.870 bits per heavy atom. The van der Waals surface area contributed by atoms with Crippen LogP contribution in [0, 0.1) is 0 Å². The third kappa shape index (κ3) is 17.5. The van der Waals surface area contributed by atoms with E-state index in [1.807, 2.05) is 0 Å². The molecule has 0 bridgehead atoms. The molecule has 23 heavy (non-hydrogen) atoms. The van der Waals surface area contributed by atoms with Gasteiger partial charge in [0.2, 0.25) is 0 Å². The summed E-state index contributed by atoms with van der Waals surface area (Å²) in [5.41, 5.74) is -2.74. The number of aliphatic hydroxyl groups excluding tert-OH is 1. The normalized spacial score (nSPS) is 10.0. The van der Waals surface area contributed by atoms with Crippen LogP contribution in [-0.2, 0) is 14.4 Å². The molecular formula is C14H27NaO8. The van der Waals surface area contributed by atoms with Crippen molar-refractivity contribution < 1.29 is 70.9 Å². The Balaban J connectivity index is -0.000000162. The summed E-state index contributed by atoms with van der Waals surface area (Å²) < 4.78 is 0.